The molecular formula is C8H12O3. The van der Waals surface area contributed by atoms with Gasteiger partial charge in [0.05, 0.1) is 12.4 Å². The largest absolute Gasteiger partial charge is 0.498 e. The van der Waals surface area contributed by atoms with Crippen LogP contribution < -0.4 is 0 Å². The Morgan fingerprint density at radius 3 is 3.00 bits per heavy atom. The molecule has 0 N–H and O–H groups in total. The molecular weight excluding hydrogens is 144 g/mol. The standard InChI is InChI=1S/C8H12O3/c1-6-5-8(3-4-10-6)11-7(2)9/h3-4,6,8H,5H2,1-2H3. The highest BCUT2D eigenvalue weighted by molar-refractivity contribution is 5.66. The molecule has 0 aromatic heterocycles. The number of rotatable bonds is 1. The van der Waals surface area contributed by atoms with Gasteiger partial charge in [-0.05, 0) is 13.0 Å². The zero-order valence-electron chi connectivity index (χ0n) is 6.74. The smallest absolute Gasteiger partial charge is 0.303 e. The van der Waals surface area contributed by atoms with Gasteiger partial charge in [-0.3, -0.25) is 4.79 Å². The Balaban J connectivity index is 2.40. The summed E-state index contributed by atoms with van der Waals surface area (Å²) in [4.78, 5) is 10.5. The van der Waals surface area contributed by atoms with Crippen molar-refractivity contribution >= 4 is 5.97 Å². The Kier molecular flexibility index (Phi) is 2.52. The van der Waals surface area contributed by atoms with Gasteiger partial charge < -0.3 is 9.47 Å². The fourth-order valence-electron chi connectivity index (χ4n) is 1.03. The van der Waals surface area contributed by atoms with Crippen LogP contribution in [0, 0.1) is 0 Å². The predicted octanol–water partition coefficient (Wildman–Crippen LogP) is 1.24. The lowest BCUT2D eigenvalue weighted by Gasteiger charge is -2.21. The third kappa shape index (κ3) is 2.62. The van der Waals surface area contributed by atoms with E-state index in [-0.39, 0.29) is 18.2 Å². The van der Waals surface area contributed by atoms with Gasteiger partial charge in [-0.15, -0.1) is 0 Å². The Morgan fingerprint density at radius 1 is 1.73 bits per heavy atom. The summed E-state index contributed by atoms with van der Waals surface area (Å²) >= 11 is 0. The van der Waals surface area contributed by atoms with Crippen molar-refractivity contribution in [3.8, 4) is 0 Å². The molecule has 0 aromatic rings. The van der Waals surface area contributed by atoms with Gasteiger partial charge in [0, 0.05) is 13.3 Å². The van der Waals surface area contributed by atoms with Crippen molar-refractivity contribution in [1.29, 1.82) is 0 Å². The van der Waals surface area contributed by atoms with E-state index in [0.29, 0.717) is 0 Å². The van der Waals surface area contributed by atoms with Crippen LogP contribution in [0.25, 0.3) is 0 Å². The fourth-order valence-corrected chi connectivity index (χ4v) is 1.03. The molecule has 2 atom stereocenters. The normalized spacial score (nSPS) is 29.3. The first-order valence-corrected chi connectivity index (χ1v) is 3.68. The highest BCUT2D eigenvalue weighted by Gasteiger charge is 2.16. The molecule has 1 aliphatic heterocycles. The van der Waals surface area contributed by atoms with Crippen LogP contribution in [0.4, 0.5) is 0 Å². The minimum Gasteiger partial charge on any atom is -0.498 e. The van der Waals surface area contributed by atoms with Gasteiger partial charge in [-0.1, -0.05) is 0 Å². The number of carbonyl (C=O) groups excluding carboxylic acids is 1. The van der Waals surface area contributed by atoms with Gasteiger partial charge in [0.1, 0.15) is 6.10 Å². The van der Waals surface area contributed by atoms with Crippen molar-refractivity contribution in [1.82, 2.24) is 0 Å². The number of carbonyl (C=O) groups is 1. The van der Waals surface area contributed by atoms with Crippen molar-refractivity contribution in [2.75, 3.05) is 0 Å². The molecule has 1 heterocycles. The molecule has 1 aliphatic rings. The number of hydrogen-bond acceptors (Lipinski definition) is 3. The second-order valence-corrected chi connectivity index (χ2v) is 2.66. The van der Waals surface area contributed by atoms with Gasteiger partial charge in [-0.25, -0.2) is 0 Å². The Hall–Kier alpha value is -0.990. The van der Waals surface area contributed by atoms with Gasteiger partial charge in [0.25, 0.3) is 0 Å². The molecule has 0 radical (unpaired) electrons. The molecule has 0 saturated heterocycles. The van der Waals surface area contributed by atoms with E-state index >= 15 is 0 Å². The van der Waals surface area contributed by atoms with E-state index < -0.39 is 0 Å². The molecule has 0 aromatic carbocycles. The topological polar surface area (TPSA) is 35.5 Å². The van der Waals surface area contributed by atoms with E-state index in [9.17, 15) is 4.79 Å². The molecule has 62 valence electrons. The van der Waals surface area contributed by atoms with E-state index in [2.05, 4.69) is 0 Å². The zero-order valence-corrected chi connectivity index (χ0v) is 6.74. The van der Waals surface area contributed by atoms with Crippen molar-refractivity contribution in [3.63, 3.8) is 0 Å². The summed E-state index contributed by atoms with van der Waals surface area (Å²) in [5.74, 6) is -0.242. The quantitative estimate of drug-likeness (QED) is 0.536. The van der Waals surface area contributed by atoms with Gasteiger partial charge in [0.15, 0.2) is 0 Å². The number of hydrogen-bond donors (Lipinski definition) is 0. The number of esters is 1. The van der Waals surface area contributed by atoms with Crippen LogP contribution >= 0.6 is 0 Å². The van der Waals surface area contributed by atoms with Crippen molar-refractivity contribution in [2.24, 2.45) is 0 Å². The van der Waals surface area contributed by atoms with Crippen LogP contribution in [0.2, 0.25) is 0 Å². The summed E-state index contributed by atoms with van der Waals surface area (Å²) < 4.78 is 10.1. The van der Waals surface area contributed by atoms with E-state index in [1.807, 2.05) is 6.92 Å². The van der Waals surface area contributed by atoms with Gasteiger partial charge >= 0.3 is 5.97 Å². The second-order valence-electron chi connectivity index (χ2n) is 2.66. The molecule has 1 rings (SSSR count). The second kappa shape index (κ2) is 3.42. The molecule has 0 saturated carbocycles. The number of ether oxygens (including phenoxy) is 2. The van der Waals surface area contributed by atoms with Crippen LogP contribution in [0.15, 0.2) is 12.3 Å². The lowest BCUT2D eigenvalue weighted by atomic mass is 10.1. The molecule has 3 nitrogen and oxygen atoms in total. The summed E-state index contributed by atoms with van der Waals surface area (Å²) in [6.45, 7) is 3.36. The first-order chi connectivity index (χ1) is 5.18. The maximum Gasteiger partial charge on any atom is 0.303 e. The lowest BCUT2D eigenvalue weighted by Crippen LogP contribution is -2.23. The molecule has 0 amide bonds. The summed E-state index contributed by atoms with van der Waals surface area (Å²) in [5.41, 5.74) is 0. The zero-order chi connectivity index (χ0) is 8.27. The first kappa shape index (κ1) is 8.11. The molecule has 0 aliphatic carbocycles. The Morgan fingerprint density at radius 2 is 2.45 bits per heavy atom. The monoisotopic (exact) mass is 156 g/mol. The average molecular weight is 156 g/mol. The first-order valence-electron chi connectivity index (χ1n) is 3.68. The van der Waals surface area contributed by atoms with Crippen molar-refractivity contribution in [3.05, 3.63) is 12.3 Å². The minimum absolute atomic E-state index is 0.101. The van der Waals surface area contributed by atoms with E-state index in [1.165, 1.54) is 6.92 Å². The summed E-state index contributed by atoms with van der Waals surface area (Å²) in [6.07, 6.45) is 4.12. The van der Waals surface area contributed by atoms with Crippen LogP contribution in [0.3, 0.4) is 0 Å². The van der Waals surface area contributed by atoms with Gasteiger partial charge in [-0.2, -0.15) is 0 Å². The van der Waals surface area contributed by atoms with Crippen LogP contribution in [-0.2, 0) is 14.3 Å². The maximum absolute atomic E-state index is 10.5. The van der Waals surface area contributed by atoms with Crippen LogP contribution in [-0.4, -0.2) is 18.2 Å². The third-order valence-electron chi connectivity index (χ3n) is 1.49. The average Bonchev–Trinajstić information content (AvgIpc) is 1.85. The fraction of sp³-hybridized carbons (Fsp3) is 0.625. The summed E-state index contributed by atoms with van der Waals surface area (Å²) in [6, 6.07) is 0. The molecule has 11 heavy (non-hydrogen) atoms. The summed E-state index contributed by atoms with van der Waals surface area (Å²) in [7, 11) is 0. The summed E-state index contributed by atoms with van der Waals surface area (Å²) in [5, 5.41) is 0. The van der Waals surface area contributed by atoms with E-state index in [1.54, 1.807) is 12.3 Å². The minimum atomic E-state index is -0.242. The molecule has 2 unspecified atom stereocenters. The van der Waals surface area contributed by atoms with E-state index in [0.717, 1.165) is 6.42 Å². The van der Waals surface area contributed by atoms with Crippen molar-refractivity contribution in [2.45, 2.75) is 32.5 Å². The molecule has 0 fully saturated rings. The molecule has 0 spiro atoms. The Labute approximate surface area is 66.0 Å². The van der Waals surface area contributed by atoms with Gasteiger partial charge in [0.2, 0.25) is 0 Å². The van der Waals surface area contributed by atoms with Crippen LogP contribution in [0.1, 0.15) is 20.3 Å². The van der Waals surface area contributed by atoms with Crippen LogP contribution in [0.5, 0.6) is 0 Å². The highest BCUT2D eigenvalue weighted by Crippen LogP contribution is 2.13. The van der Waals surface area contributed by atoms with E-state index in [4.69, 9.17) is 9.47 Å². The molecule has 0 bridgehead atoms. The highest BCUT2D eigenvalue weighted by atomic mass is 16.5. The Bertz CT molecular complexity index is 174. The molecule has 3 heteroatoms. The lowest BCUT2D eigenvalue weighted by molar-refractivity contribution is -0.145. The van der Waals surface area contributed by atoms with Crippen molar-refractivity contribution < 1.29 is 14.3 Å². The SMILES string of the molecule is CC(=O)OC1C=COC(C)C1. The third-order valence-corrected chi connectivity index (χ3v) is 1.49. The maximum atomic E-state index is 10.5. The predicted molar refractivity (Wildman–Crippen MR) is 39.9 cm³/mol.